The number of para-hydroxylation sites is 1. The largest absolute Gasteiger partial charge is 0.369 e. The van der Waals surface area contributed by atoms with E-state index in [-0.39, 0.29) is 5.41 Å². The molecule has 0 aliphatic rings. The fraction of sp³-hybridized carbons (Fsp3) is 0.438. The molecular formula is C16H21ClN2. The van der Waals surface area contributed by atoms with Crippen LogP contribution in [0.3, 0.4) is 0 Å². The van der Waals surface area contributed by atoms with Crippen molar-refractivity contribution in [2.45, 2.75) is 27.2 Å². The predicted molar refractivity (Wildman–Crippen MR) is 84.1 cm³/mol. The summed E-state index contributed by atoms with van der Waals surface area (Å²) < 4.78 is 0. The number of nitrogens with one attached hydrogen (secondary N) is 1. The number of aryl methyl sites for hydroxylation is 1. The summed E-state index contributed by atoms with van der Waals surface area (Å²) in [6.45, 7) is 7.42. The Morgan fingerprint density at radius 2 is 2.00 bits per heavy atom. The minimum atomic E-state index is 0.182. The van der Waals surface area contributed by atoms with Gasteiger partial charge >= 0.3 is 0 Å². The zero-order valence-corrected chi connectivity index (χ0v) is 12.6. The van der Waals surface area contributed by atoms with E-state index in [1.165, 1.54) is 10.9 Å². The molecule has 1 heterocycles. The number of nitrogens with zero attached hydrogens (tertiary/aromatic N) is 1. The lowest BCUT2D eigenvalue weighted by molar-refractivity contribution is 0.379. The van der Waals surface area contributed by atoms with Crippen LogP contribution in [0.15, 0.2) is 30.3 Å². The van der Waals surface area contributed by atoms with E-state index in [9.17, 15) is 0 Å². The van der Waals surface area contributed by atoms with Crippen LogP contribution in [0, 0.1) is 12.3 Å². The third-order valence-electron chi connectivity index (χ3n) is 3.42. The van der Waals surface area contributed by atoms with Gasteiger partial charge in [-0.15, -0.1) is 11.6 Å². The highest BCUT2D eigenvalue weighted by molar-refractivity contribution is 6.17. The van der Waals surface area contributed by atoms with Crippen molar-refractivity contribution in [3.05, 3.63) is 35.9 Å². The minimum Gasteiger partial charge on any atom is -0.369 e. The lowest BCUT2D eigenvalue weighted by Crippen LogP contribution is -2.24. The summed E-state index contributed by atoms with van der Waals surface area (Å²) in [5.74, 6) is 1.67. The quantitative estimate of drug-likeness (QED) is 0.807. The van der Waals surface area contributed by atoms with Gasteiger partial charge in [0.2, 0.25) is 0 Å². The van der Waals surface area contributed by atoms with E-state index in [0.29, 0.717) is 5.88 Å². The third-order valence-corrected chi connectivity index (χ3v) is 3.61. The van der Waals surface area contributed by atoms with Crippen molar-refractivity contribution in [1.29, 1.82) is 0 Å². The van der Waals surface area contributed by atoms with Crippen molar-refractivity contribution in [2.75, 3.05) is 17.7 Å². The van der Waals surface area contributed by atoms with Crippen LogP contribution in [-0.2, 0) is 0 Å². The molecule has 0 radical (unpaired) electrons. The van der Waals surface area contributed by atoms with Crippen LogP contribution in [0.4, 0.5) is 5.82 Å². The maximum Gasteiger partial charge on any atom is 0.129 e. The second-order valence-corrected chi connectivity index (χ2v) is 6.18. The average molecular weight is 277 g/mol. The van der Waals surface area contributed by atoms with Gasteiger partial charge in [0.05, 0.1) is 5.52 Å². The number of halogens is 1. The van der Waals surface area contributed by atoms with E-state index in [0.717, 1.165) is 24.3 Å². The van der Waals surface area contributed by atoms with Crippen LogP contribution in [0.1, 0.15) is 25.8 Å². The van der Waals surface area contributed by atoms with Crippen LogP contribution in [-0.4, -0.2) is 17.4 Å². The van der Waals surface area contributed by atoms with E-state index in [1.54, 1.807) is 0 Å². The van der Waals surface area contributed by atoms with Crippen LogP contribution in [0.2, 0.25) is 0 Å². The van der Waals surface area contributed by atoms with Gasteiger partial charge in [0, 0.05) is 17.8 Å². The standard InChI is InChI=1S/C16H21ClN2/c1-12-10-13-6-4-5-7-14(13)19-15(12)18-11-16(2,3)8-9-17/h4-7,10H,8-9,11H2,1-3H3,(H,18,19). The van der Waals surface area contributed by atoms with Gasteiger partial charge in [-0.05, 0) is 36.5 Å². The van der Waals surface area contributed by atoms with Crippen molar-refractivity contribution in [3.63, 3.8) is 0 Å². The summed E-state index contributed by atoms with van der Waals surface area (Å²) in [4.78, 5) is 4.69. The maximum absolute atomic E-state index is 5.83. The molecule has 0 unspecified atom stereocenters. The van der Waals surface area contributed by atoms with Gasteiger partial charge in [-0.25, -0.2) is 4.98 Å². The first-order valence-electron chi connectivity index (χ1n) is 6.68. The lowest BCUT2D eigenvalue weighted by Gasteiger charge is -2.24. The SMILES string of the molecule is Cc1cc2ccccc2nc1NCC(C)(C)CCCl. The Balaban J connectivity index is 2.18. The van der Waals surface area contributed by atoms with E-state index in [4.69, 9.17) is 16.6 Å². The Morgan fingerprint density at radius 1 is 1.26 bits per heavy atom. The lowest BCUT2D eigenvalue weighted by atomic mass is 9.90. The Labute approximate surface area is 120 Å². The summed E-state index contributed by atoms with van der Waals surface area (Å²) in [5.41, 5.74) is 2.40. The van der Waals surface area contributed by atoms with Crippen LogP contribution in [0.25, 0.3) is 10.9 Å². The van der Waals surface area contributed by atoms with Gasteiger partial charge in [0.1, 0.15) is 5.82 Å². The molecule has 0 atom stereocenters. The topological polar surface area (TPSA) is 24.9 Å². The van der Waals surface area contributed by atoms with Crippen LogP contribution < -0.4 is 5.32 Å². The van der Waals surface area contributed by atoms with Crippen molar-refractivity contribution in [3.8, 4) is 0 Å². The Bertz CT molecular complexity index is 564. The van der Waals surface area contributed by atoms with Gasteiger partial charge in [-0.3, -0.25) is 0 Å². The number of aromatic nitrogens is 1. The fourth-order valence-corrected chi connectivity index (χ4v) is 2.58. The molecule has 0 aliphatic heterocycles. The molecule has 2 aromatic rings. The highest BCUT2D eigenvalue weighted by Crippen LogP contribution is 2.24. The summed E-state index contributed by atoms with van der Waals surface area (Å²) in [5, 5.41) is 4.65. The number of benzene rings is 1. The number of rotatable bonds is 5. The number of anilines is 1. The van der Waals surface area contributed by atoms with Crippen LogP contribution in [0.5, 0.6) is 0 Å². The number of fused-ring (bicyclic) bond motifs is 1. The fourth-order valence-electron chi connectivity index (χ4n) is 2.07. The monoisotopic (exact) mass is 276 g/mol. The molecule has 1 N–H and O–H groups in total. The first kappa shape index (κ1) is 14.1. The van der Waals surface area contributed by atoms with Crippen molar-refractivity contribution in [2.24, 2.45) is 5.41 Å². The highest BCUT2D eigenvalue weighted by Gasteiger charge is 2.17. The molecule has 0 fully saturated rings. The zero-order valence-electron chi connectivity index (χ0n) is 11.8. The van der Waals surface area contributed by atoms with E-state index in [2.05, 4.69) is 38.2 Å². The van der Waals surface area contributed by atoms with Crippen molar-refractivity contribution < 1.29 is 0 Å². The molecule has 1 aromatic heterocycles. The number of alkyl halides is 1. The van der Waals surface area contributed by atoms with E-state index < -0.39 is 0 Å². The summed E-state index contributed by atoms with van der Waals surface area (Å²) in [6, 6.07) is 10.4. The van der Waals surface area contributed by atoms with Gasteiger partial charge in [0.15, 0.2) is 0 Å². The molecule has 0 saturated carbocycles. The maximum atomic E-state index is 5.83. The van der Waals surface area contributed by atoms with Crippen LogP contribution >= 0.6 is 11.6 Å². The van der Waals surface area contributed by atoms with E-state index in [1.807, 2.05) is 18.2 Å². The van der Waals surface area contributed by atoms with Gasteiger partial charge in [-0.2, -0.15) is 0 Å². The minimum absolute atomic E-state index is 0.182. The average Bonchev–Trinajstić information content (AvgIpc) is 2.36. The zero-order chi connectivity index (χ0) is 13.9. The Morgan fingerprint density at radius 3 is 2.74 bits per heavy atom. The molecule has 2 nitrogen and oxygen atoms in total. The Hall–Kier alpha value is -1.28. The summed E-state index contributed by atoms with van der Waals surface area (Å²) in [7, 11) is 0. The molecule has 1 aromatic carbocycles. The molecule has 2 rings (SSSR count). The normalized spacial score (nSPS) is 11.8. The predicted octanol–water partition coefficient (Wildman–Crippen LogP) is 4.61. The molecule has 3 heteroatoms. The first-order chi connectivity index (χ1) is 9.02. The molecule has 19 heavy (non-hydrogen) atoms. The number of hydrogen-bond donors (Lipinski definition) is 1. The summed E-state index contributed by atoms with van der Waals surface area (Å²) >= 11 is 5.83. The second kappa shape index (κ2) is 5.79. The van der Waals surface area contributed by atoms with Crippen molar-refractivity contribution in [1.82, 2.24) is 4.98 Å². The van der Waals surface area contributed by atoms with Gasteiger partial charge in [0.25, 0.3) is 0 Å². The smallest absolute Gasteiger partial charge is 0.129 e. The van der Waals surface area contributed by atoms with E-state index >= 15 is 0 Å². The number of pyridine rings is 1. The summed E-state index contributed by atoms with van der Waals surface area (Å²) in [6.07, 6.45) is 0.994. The number of hydrogen-bond acceptors (Lipinski definition) is 2. The Kier molecular flexibility index (Phi) is 4.31. The second-order valence-electron chi connectivity index (χ2n) is 5.80. The first-order valence-corrected chi connectivity index (χ1v) is 7.21. The van der Waals surface area contributed by atoms with Gasteiger partial charge in [-0.1, -0.05) is 32.0 Å². The molecule has 0 amide bonds. The molecule has 0 aliphatic carbocycles. The highest BCUT2D eigenvalue weighted by atomic mass is 35.5. The third kappa shape index (κ3) is 3.60. The van der Waals surface area contributed by atoms with Crippen molar-refractivity contribution >= 4 is 28.3 Å². The molecule has 102 valence electrons. The molecule has 0 spiro atoms. The molecule has 0 bridgehead atoms. The molecule has 0 saturated heterocycles. The molecular weight excluding hydrogens is 256 g/mol. The van der Waals surface area contributed by atoms with Gasteiger partial charge < -0.3 is 5.32 Å².